The number of carbonyl (C=O) groups excluding carboxylic acids is 1. The van der Waals surface area contributed by atoms with Crippen LogP contribution in [0.25, 0.3) is 0 Å². The molecule has 3 rings (SSSR count). The zero-order valence-corrected chi connectivity index (χ0v) is 24.9. The van der Waals surface area contributed by atoms with E-state index in [2.05, 4.69) is 45.7 Å². The van der Waals surface area contributed by atoms with Crippen LogP contribution in [0.2, 0.25) is 25.7 Å². The van der Waals surface area contributed by atoms with E-state index in [9.17, 15) is 14.4 Å². The van der Waals surface area contributed by atoms with Crippen molar-refractivity contribution in [3.05, 3.63) is 34.1 Å². The number of benzene rings is 1. The van der Waals surface area contributed by atoms with E-state index in [-0.39, 0.29) is 17.5 Å². The number of halogens is 3. The minimum atomic E-state index is -1.62. The molecule has 0 radical (unpaired) electrons. The lowest BCUT2D eigenvalue weighted by atomic mass is 9.85. The van der Waals surface area contributed by atoms with Gasteiger partial charge in [0.25, 0.3) is 0 Å². The smallest absolute Gasteiger partial charge is 0.418 e. The van der Waals surface area contributed by atoms with Crippen molar-refractivity contribution >= 4 is 53.2 Å². The van der Waals surface area contributed by atoms with Crippen LogP contribution in [0.4, 0.5) is 13.6 Å². The van der Waals surface area contributed by atoms with Gasteiger partial charge in [-0.05, 0) is 51.4 Å². The van der Waals surface area contributed by atoms with Gasteiger partial charge in [-0.15, -0.1) is 5.16 Å². The molecular formula is C24H34BrF2N3O4SSi. The number of aliphatic imine (C=N–C) groups is 1. The SMILES string of the molecule is CC(C)(C)OC(=O)N(COCC[Si](C)(C)C)C1=N[C@](CF)(c2cc(Br)ccc2F)[C@@H]2C[C@]2(/C=N/O)S1. The summed E-state index contributed by atoms with van der Waals surface area (Å²) in [4.78, 5) is 19.2. The molecule has 1 heterocycles. The van der Waals surface area contributed by atoms with Crippen molar-refractivity contribution in [3.63, 3.8) is 0 Å². The van der Waals surface area contributed by atoms with Gasteiger partial charge in [0, 0.05) is 30.6 Å². The summed E-state index contributed by atoms with van der Waals surface area (Å²) in [6.45, 7) is 11.1. The maximum absolute atomic E-state index is 15.1. The molecule has 3 atom stereocenters. The topological polar surface area (TPSA) is 83.7 Å². The minimum absolute atomic E-state index is 0.0687. The van der Waals surface area contributed by atoms with E-state index >= 15 is 4.39 Å². The zero-order chi connectivity index (χ0) is 26.9. The highest BCUT2D eigenvalue weighted by molar-refractivity contribution is 9.10. The van der Waals surface area contributed by atoms with Gasteiger partial charge in [0.1, 0.15) is 30.4 Å². The Morgan fingerprint density at radius 3 is 2.69 bits per heavy atom. The Bertz CT molecular complexity index is 1050. The number of amides is 1. The van der Waals surface area contributed by atoms with Gasteiger partial charge >= 0.3 is 6.09 Å². The van der Waals surface area contributed by atoms with Crippen molar-refractivity contribution < 1.29 is 28.3 Å². The quantitative estimate of drug-likeness (QED) is 0.0898. The van der Waals surface area contributed by atoms with E-state index in [1.54, 1.807) is 20.8 Å². The van der Waals surface area contributed by atoms with Crippen LogP contribution in [0.1, 0.15) is 32.8 Å². The molecule has 1 fully saturated rings. The van der Waals surface area contributed by atoms with Crippen molar-refractivity contribution in [3.8, 4) is 0 Å². The fraction of sp³-hybridized carbons (Fsp3) is 0.625. The number of carbonyl (C=O) groups is 1. The lowest BCUT2D eigenvalue weighted by Crippen LogP contribution is -2.47. The number of rotatable bonds is 8. The summed E-state index contributed by atoms with van der Waals surface area (Å²) >= 11 is 4.52. The molecule has 0 aromatic heterocycles. The van der Waals surface area contributed by atoms with E-state index in [4.69, 9.17) is 9.47 Å². The van der Waals surface area contributed by atoms with Crippen molar-refractivity contribution in [2.24, 2.45) is 16.1 Å². The molecule has 1 aliphatic heterocycles. The number of amidine groups is 1. The number of hydrogen-bond donors (Lipinski definition) is 1. The lowest BCUT2D eigenvalue weighted by molar-refractivity contribution is 0.0109. The van der Waals surface area contributed by atoms with Crippen LogP contribution >= 0.6 is 27.7 Å². The molecule has 0 bridgehead atoms. The molecular weight excluding hydrogens is 572 g/mol. The minimum Gasteiger partial charge on any atom is -0.443 e. The predicted molar refractivity (Wildman–Crippen MR) is 145 cm³/mol. The third-order valence-corrected chi connectivity index (χ3v) is 9.67. The summed E-state index contributed by atoms with van der Waals surface area (Å²) in [5, 5.41) is 12.7. The first-order valence-corrected chi connectivity index (χ1v) is 17.1. The Kier molecular flexibility index (Phi) is 8.64. The molecule has 36 heavy (non-hydrogen) atoms. The molecule has 0 spiro atoms. The van der Waals surface area contributed by atoms with Crippen molar-refractivity contribution in [2.75, 3.05) is 20.0 Å². The summed E-state index contributed by atoms with van der Waals surface area (Å²) in [5.41, 5.74) is -2.35. The second-order valence-corrected chi connectivity index (χ2v) is 19.3. The van der Waals surface area contributed by atoms with E-state index in [0.717, 1.165) is 6.04 Å². The number of thioether (sulfide) groups is 1. The second-order valence-electron chi connectivity index (χ2n) is 11.4. The van der Waals surface area contributed by atoms with Gasteiger partial charge in [-0.2, -0.15) is 0 Å². The molecule has 0 unspecified atom stereocenters. The number of fused-ring (bicyclic) bond motifs is 1. The third kappa shape index (κ3) is 6.49. The van der Waals surface area contributed by atoms with Crippen LogP contribution in [0.15, 0.2) is 32.8 Å². The maximum atomic E-state index is 15.1. The second kappa shape index (κ2) is 10.7. The van der Waals surface area contributed by atoms with Crippen molar-refractivity contribution in [1.82, 2.24) is 4.90 Å². The van der Waals surface area contributed by atoms with E-state index < -0.39 is 48.5 Å². The number of hydrogen-bond acceptors (Lipinski definition) is 7. The van der Waals surface area contributed by atoms with Gasteiger partial charge in [-0.3, -0.25) is 0 Å². The standard InChI is InChI=1S/C24H34BrF2N3O4SSi/c1-22(2,3)34-21(31)30(15-33-9-10-36(4,5)6)20-29-24(13-26,17-11-16(25)7-8-18(17)27)19-12-23(19,35-20)14-28-32/h7-8,11,14,19,32H,9-10,12-13,15H2,1-6H3/b28-14+/t19-,23-,24-/m1/s1. The van der Waals surface area contributed by atoms with Crippen LogP contribution in [-0.4, -0.2) is 66.0 Å². The Morgan fingerprint density at radius 2 is 2.11 bits per heavy atom. The first kappa shape index (κ1) is 29.1. The maximum Gasteiger partial charge on any atom is 0.418 e. The van der Waals surface area contributed by atoms with Gasteiger partial charge in [-0.25, -0.2) is 23.5 Å². The summed E-state index contributed by atoms with van der Waals surface area (Å²) in [6.07, 6.45) is 0.999. The monoisotopic (exact) mass is 605 g/mol. The van der Waals surface area contributed by atoms with E-state index in [0.29, 0.717) is 17.5 Å². The average molecular weight is 607 g/mol. The molecule has 7 nitrogen and oxygen atoms in total. The summed E-state index contributed by atoms with van der Waals surface area (Å²) in [7, 11) is -1.38. The molecule has 200 valence electrons. The Labute approximate surface area is 224 Å². The Morgan fingerprint density at radius 1 is 1.42 bits per heavy atom. The largest absolute Gasteiger partial charge is 0.443 e. The van der Waals surface area contributed by atoms with Crippen LogP contribution in [-0.2, 0) is 15.0 Å². The highest BCUT2D eigenvalue weighted by atomic mass is 79.9. The molecule has 0 saturated heterocycles. The highest BCUT2D eigenvalue weighted by Crippen LogP contribution is 2.66. The predicted octanol–water partition coefficient (Wildman–Crippen LogP) is 6.62. The number of alkyl halides is 1. The highest BCUT2D eigenvalue weighted by Gasteiger charge is 2.69. The number of ether oxygens (including phenoxy) is 2. The van der Waals surface area contributed by atoms with Gasteiger partial charge in [-0.1, -0.05) is 47.3 Å². The number of oxime groups is 1. The van der Waals surface area contributed by atoms with Crippen LogP contribution in [0, 0.1) is 11.7 Å². The van der Waals surface area contributed by atoms with Gasteiger partial charge in [0.2, 0.25) is 0 Å². The molecule has 1 aromatic carbocycles. The third-order valence-electron chi connectivity index (χ3n) is 6.04. The van der Waals surface area contributed by atoms with Crippen molar-refractivity contribution in [2.45, 2.75) is 68.8 Å². The molecule has 1 aliphatic carbocycles. The van der Waals surface area contributed by atoms with Crippen LogP contribution in [0.3, 0.4) is 0 Å². The molecule has 1 N–H and O–H groups in total. The van der Waals surface area contributed by atoms with Gasteiger partial charge in [0.15, 0.2) is 5.17 Å². The summed E-state index contributed by atoms with van der Waals surface area (Å²) < 4.78 is 41.3. The fourth-order valence-electron chi connectivity index (χ4n) is 4.08. The molecule has 2 aliphatic rings. The normalized spacial score (nSPS) is 25.9. The van der Waals surface area contributed by atoms with Crippen LogP contribution < -0.4 is 0 Å². The number of nitrogens with zero attached hydrogens (tertiary/aromatic N) is 3. The zero-order valence-electron chi connectivity index (χ0n) is 21.5. The average Bonchev–Trinajstić information content (AvgIpc) is 3.47. The molecule has 1 saturated carbocycles. The Balaban J connectivity index is 2.07. The van der Waals surface area contributed by atoms with Crippen LogP contribution in [0.5, 0.6) is 0 Å². The Hall–Kier alpha value is -1.50. The lowest BCUT2D eigenvalue weighted by Gasteiger charge is -2.37. The molecule has 12 heteroatoms. The van der Waals surface area contributed by atoms with Gasteiger partial charge < -0.3 is 14.7 Å². The van der Waals surface area contributed by atoms with E-state index in [1.807, 2.05) is 0 Å². The van der Waals surface area contributed by atoms with Gasteiger partial charge in [0.05, 0.1) is 11.0 Å². The molecule has 1 aromatic rings. The van der Waals surface area contributed by atoms with Crippen molar-refractivity contribution in [1.29, 1.82) is 0 Å². The fourth-order valence-corrected chi connectivity index (χ4v) is 6.67. The van der Waals surface area contributed by atoms with E-state index in [1.165, 1.54) is 41.1 Å². The summed E-state index contributed by atoms with van der Waals surface area (Å²) in [5.74, 6) is -1.08. The molecule has 1 amide bonds. The first-order chi connectivity index (χ1) is 16.7. The first-order valence-electron chi connectivity index (χ1n) is 11.7. The summed E-state index contributed by atoms with van der Waals surface area (Å²) in [6, 6.07) is 5.17.